The van der Waals surface area contributed by atoms with Crippen molar-refractivity contribution >= 4 is 11.3 Å². The molecular formula is C14H13F2NS. The van der Waals surface area contributed by atoms with E-state index < -0.39 is 11.6 Å². The topological polar surface area (TPSA) is 12.0 Å². The van der Waals surface area contributed by atoms with Crippen LogP contribution in [0.15, 0.2) is 24.3 Å². The molecule has 94 valence electrons. The minimum absolute atomic E-state index is 0.308. The summed E-state index contributed by atoms with van der Waals surface area (Å²) >= 11 is 1.61. The number of nitrogens with one attached hydrogen (secondary N) is 1. The molecule has 0 spiro atoms. The van der Waals surface area contributed by atoms with Crippen LogP contribution in [0.1, 0.15) is 23.4 Å². The Bertz CT molecular complexity index is 591. The second-order valence-corrected chi connectivity index (χ2v) is 5.68. The summed E-state index contributed by atoms with van der Waals surface area (Å²) in [5.74, 6) is -1.03. The van der Waals surface area contributed by atoms with Crippen LogP contribution in [0.2, 0.25) is 0 Å². The van der Waals surface area contributed by atoms with Gasteiger partial charge in [0, 0.05) is 34.0 Å². The van der Waals surface area contributed by atoms with E-state index >= 15 is 0 Å². The molecule has 1 nitrogen and oxygen atoms in total. The lowest BCUT2D eigenvalue weighted by molar-refractivity contribution is 0.547. The molecular weight excluding hydrogens is 252 g/mol. The Morgan fingerprint density at radius 1 is 1.28 bits per heavy atom. The molecule has 2 aromatic rings. The first-order chi connectivity index (χ1) is 8.65. The average Bonchev–Trinajstić information content (AvgIpc) is 2.74. The van der Waals surface area contributed by atoms with Gasteiger partial charge in [0.2, 0.25) is 0 Å². The van der Waals surface area contributed by atoms with Gasteiger partial charge in [0.15, 0.2) is 0 Å². The first kappa shape index (κ1) is 11.8. The van der Waals surface area contributed by atoms with Gasteiger partial charge in [0.25, 0.3) is 0 Å². The van der Waals surface area contributed by atoms with Gasteiger partial charge >= 0.3 is 0 Å². The zero-order chi connectivity index (χ0) is 12.7. The fourth-order valence-electron chi connectivity index (χ4n) is 2.34. The van der Waals surface area contributed by atoms with E-state index in [1.807, 2.05) is 6.07 Å². The molecule has 4 heteroatoms. The molecule has 1 aliphatic heterocycles. The van der Waals surface area contributed by atoms with Crippen molar-refractivity contribution < 1.29 is 8.78 Å². The lowest BCUT2D eigenvalue weighted by atomic mass is 10.0. The Balaban J connectivity index is 2.07. The number of halogens is 2. The normalized spacial score (nSPS) is 18.7. The lowest BCUT2D eigenvalue weighted by Gasteiger charge is -2.19. The van der Waals surface area contributed by atoms with Crippen molar-refractivity contribution in [1.29, 1.82) is 0 Å². The third-order valence-electron chi connectivity index (χ3n) is 3.31. The number of benzene rings is 1. The molecule has 1 aromatic carbocycles. The van der Waals surface area contributed by atoms with Gasteiger partial charge in [-0.25, -0.2) is 8.78 Å². The summed E-state index contributed by atoms with van der Waals surface area (Å²) in [6.07, 6.45) is 0.979. The van der Waals surface area contributed by atoms with Crippen LogP contribution in [0.25, 0.3) is 10.4 Å². The Hall–Kier alpha value is -1.26. The highest BCUT2D eigenvalue weighted by Crippen LogP contribution is 2.37. The van der Waals surface area contributed by atoms with E-state index in [1.165, 1.54) is 22.6 Å². The summed E-state index contributed by atoms with van der Waals surface area (Å²) in [4.78, 5) is 2.19. The molecule has 0 aliphatic carbocycles. The number of rotatable bonds is 1. The minimum atomic E-state index is -0.535. The summed E-state index contributed by atoms with van der Waals surface area (Å²) in [5, 5.41) is 3.38. The smallest absolute Gasteiger partial charge is 0.134 e. The van der Waals surface area contributed by atoms with Crippen molar-refractivity contribution in [2.24, 2.45) is 0 Å². The minimum Gasteiger partial charge on any atom is -0.310 e. The molecule has 2 heterocycles. The van der Waals surface area contributed by atoms with E-state index in [2.05, 4.69) is 12.2 Å². The maximum Gasteiger partial charge on any atom is 0.134 e. The monoisotopic (exact) mass is 265 g/mol. The summed E-state index contributed by atoms with van der Waals surface area (Å²) in [5.41, 5.74) is 1.73. The SMILES string of the molecule is CC1NCCc2sc(-c3ccc(F)cc3F)cc21. The van der Waals surface area contributed by atoms with Crippen molar-refractivity contribution in [2.75, 3.05) is 6.54 Å². The molecule has 3 rings (SSSR count). The Morgan fingerprint density at radius 3 is 2.83 bits per heavy atom. The summed E-state index contributed by atoms with van der Waals surface area (Å²) < 4.78 is 26.7. The van der Waals surface area contributed by atoms with Crippen molar-refractivity contribution in [1.82, 2.24) is 5.32 Å². The highest BCUT2D eigenvalue weighted by Gasteiger charge is 2.20. The van der Waals surface area contributed by atoms with Gasteiger partial charge in [-0.1, -0.05) is 0 Å². The van der Waals surface area contributed by atoms with Crippen LogP contribution in [0.5, 0.6) is 0 Å². The molecule has 1 unspecified atom stereocenters. The molecule has 0 saturated heterocycles. The van der Waals surface area contributed by atoms with Crippen molar-refractivity contribution in [3.63, 3.8) is 0 Å². The molecule has 18 heavy (non-hydrogen) atoms. The van der Waals surface area contributed by atoms with Gasteiger partial charge in [-0.2, -0.15) is 0 Å². The molecule has 0 radical (unpaired) electrons. The maximum atomic E-state index is 13.7. The highest BCUT2D eigenvalue weighted by molar-refractivity contribution is 7.15. The Kier molecular flexibility index (Phi) is 2.92. The predicted octanol–water partition coefficient (Wildman–Crippen LogP) is 3.90. The summed E-state index contributed by atoms with van der Waals surface area (Å²) in [6.45, 7) is 3.07. The molecule has 0 fully saturated rings. The van der Waals surface area contributed by atoms with Crippen molar-refractivity contribution in [2.45, 2.75) is 19.4 Å². The largest absolute Gasteiger partial charge is 0.310 e. The van der Waals surface area contributed by atoms with E-state index in [-0.39, 0.29) is 0 Å². The maximum absolute atomic E-state index is 13.7. The van der Waals surface area contributed by atoms with Gasteiger partial charge in [0.05, 0.1) is 0 Å². The van der Waals surface area contributed by atoms with Gasteiger partial charge in [-0.15, -0.1) is 11.3 Å². The fourth-order valence-corrected chi connectivity index (χ4v) is 3.62. The van der Waals surface area contributed by atoms with E-state index in [9.17, 15) is 8.78 Å². The second-order valence-electron chi connectivity index (χ2n) is 4.54. The molecule has 0 bridgehead atoms. The zero-order valence-corrected chi connectivity index (χ0v) is 10.8. The van der Waals surface area contributed by atoms with Crippen LogP contribution in [-0.2, 0) is 6.42 Å². The second kappa shape index (κ2) is 4.44. The lowest BCUT2D eigenvalue weighted by Crippen LogP contribution is -2.26. The molecule has 1 aliphatic rings. The van der Waals surface area contributed by atoms with E-state index in [4.69, 9.17) is 0 Å². The van der Waals surface area contributed by atoms with Crippen LogP contribution in [0.4, 0.5) is 8.78 Å². The Labute approximate surface area is 108 Å². The van der Waals surface area contributed by atoms with Crippen LogP contribution in [0, 0.1) is 11.6 Å². The first-order valence-corrected chi connectivity index (χ1v) is 6.78. The van der Waals surface area contributed by atoms with Gasteiger partial charge in [-0.05, 0) is 37.1 Å². The highest BCUT2D eigenvalue weighted by atomic mass is 32.1. The average molecular weight is 265 g/mol. The van der Waals surface area contributed by atoms with Crippen LogP contribution >= 0.6 is 11.3 Å². The van der Waals surface area contributed by atoms with Crippen LogP contribution in [-0.4, -0.2) is 6.54 Å². The van der Waals surface area contributed by atoms with Gasteiger partial charge < -0.3 is 5.32 Å². The number of fused-ring (bicyclic) bond motifs is 1. The van der Waals surface area contributed by atoms with Gasteiger partial charge in [-0.3, -0.25) is 0 Å². The molecule has 1 N–H and O–H groups in total. The van der Waals surface area contributed by atoms with E-state index in [0.29, 0.717) is 11.6 Å². The van der Waals surface area contributed by atoms with E-state index in [0.717, 1.165) is 23.9 Å². The molecule has 1 atom stereocenters. The zero-order valence-electron chi connectivity index (χ0n) is 9.97. The van der Waals surface area contributed by atoms with Crippen LogP contribution in [0.3, 0.4) is 0 Å². The van der Waals surface area contributed by atoms with Crippen molar-refractivity contribution in [3.05, 3.63) is 46.3 Å². The van der Waals surface area contributed by atoms with E-state index in [1.54, 1.807) is 11.3 Å². The molecule has 0 saturated carbocycles. The summed E-state index contributed by atoms with van der Waals surface area (Å²) in [7, 11) is 0. The third-order valence-corrected chi connectivity index (χ3v) is 4.55. The molecule has 0 amide bonds. The number of hydrogen-bond donors (Lipinski definition) is 1. The Morgan fingerprint density at radius 2 is 2.11 bits per heavy atom. The number of hydrogen-bond acceptors (Lipinski definition) is 2. The van der Waals surface area contributed by atoms with Crippen molar-refractivity contribution in [3.8, 4) is 10.4 Å². The quantitative estimate of drug-likeness (QED) is 0.824. The third kappa shape index (κ3) is 1.95. The molecule has 1 aromatic heterocycles. The predicted molar refractivity (Wildman–Crippen MR) is 69.8 cm³/mol. The van der Waals surface area contributed by atoms with Gasteiger partial charge in [0.1, 0.15) is 11.6 Å². The summed E-state index contributed by atoms with van der Waals surface area (Å²) in [6, 6.07) is 6.09. The first-order valence-electron chi connectivity index (χ1n) is 5.96. The number of thiophene rings is 1. The standard InChI is InChI=1S/C14H13F2NS/c1-8-11-7-14(18-13(11)4-5-17-8)10-3-2-9(15)6-12(10)16/h2-3,6-8,17H,4-5H2,1H3. The van der Waals surface area contributed by atoms with Crippen LogP contribution < -0.4 is 5.32 Å². The fraction of sp³-hybridized carbons (Fsp3) is 0.286.